The molecule has 0 radical (unpaired) electrons. The van der Waals surface area contributed by atoms with Gasteiger partial charge in [0.25, 0.3) is 0 Å². The average Bonchev–Trinajstić information content (AvgIpc) is 3.22. The summed E-state index contributed by atoms with van der Waals surface area (Å²) in [6.07, 6.45) is 39.6. The maximum Gasteiger partial charge on any atom is 0.407 e. The molecule has 0 heterocycles. The third-order valence-corrected chi connectivity index (χ3v) is 10.9. The highest BCUT2D eigenvalue weighted by Crippen LogP contribution is 2.13. The van der Waals surface area contributed by atoms with Gasteiger partial charge >= 0.3 is 18.0 Å². The highest BCUT2D eigenvalue weighted by Gasteiger charge is 2.20. The lowest BCUT2D eigenvalue weighted by atomic mass is 10.1. The fraction of sp³-hybridized carbons (Fsp3) is 0.857. The predicted molar refractivity (Wildman–Crippen MR) is 244 cm³/mol. The topological polar surface area (TPSA) is 97.4 Å². The minimum Gasteiger partial charge on any atom is -0.462 e. The molecule has 9 nitrogen and oxygen atoms in total. The summed E-state index contributed by atoms with van der Waals surface area (Å²) in [4.78, 5) is 42.4. The van der Waals surface area contributed by atoms with Gasteiger partial charge in [-0.3, -0.25) is 9.59 Å². The van der Waals surface area contributed by atoms with E-state index < -0.39 is 12.2 Å². The molecule has 0 aliphatic rings. The van der Waals surface area contributed by atoms with E-state index in [4.69, 9.17) is 14.2 Å². The van der Waals surface area contributed by atoms with Crippen LogP contribution in [-0.2, 0) is 23.8 Å². The zero-order valence-corrected chi connectivity index (χ0v) is 38.7. The number of amides is 1. The third-order valence-electron chi connectivity index (χ3n) is 10.9. The summed E-state index contributed by atoms with van der Waals surface area (Å²) >= 11 is 0. The van der Waals surface area contributed by atoms with Crippen LogP contribution in [0.5, 0.6) is 0 Å². The van der Waals surface area contributed by atoms with Crippen molar-refractivity contribution < 1.29 is 28.6 Å². The second kappa shape index (κ2) is 44.2. The number of rotatable bonds is 43. The van der Waals surface area contributed by atoms with Gasteiger partial charge in [-0.25, -0.2) is 4.79 Å². The predicted octanol–water partition coefficient (Wildman–Crippen LogP) is 12.5. The molecule has 0 saturated heterocycles. The van der Waals surface area contributed by atoms with Crippen molar-refractivity contribution in [2.75, 3.05) is 59.5 Å². The molecule has 9 heteroatoms. The summed E-state index contributed by atoms with van der Waals surface area (Å²) in [7, 11) is 2.03. The largest absolute Gasteiger partial charge is 0.462 e. The van der Waals surface area contributed by atoms with Gasteiger partial charge in [0, 0.05) is 39.0 Å². The normalized spacial score (nSPS) is 11.8. The molecule has 0 aromatic rings. The van der Waals surface area contributed by atoms with E-state index >= 15 is 0 Å². The van der Waals surface area contributed by atoms with Crippen molar-refractivity contribution >= 4 is 18.0 Å². The zero-order valence-electron chi connectivity index (χ0n) is 38.7. The molecular weight excluding hydrogens is 727 g/mol. The molecule has 0 aliphatic heterocycles. The number of allylic oxidation sites excluding steroid dienone is 4. The minimum absolute atomic E-state index is 0.137. The highest BCUT2D eigenvalue weighted by atomic mass is 16.6. The average molecular weight is 820 g/mol. The van der Waals surface area contributed by atoms with Crippen LogP contribution in [0.15, 0.2) is 24.3 Å². The Labute approximate surface area is 358 Å². The van der Waals surface area contributed by atoms with Crippen molar-refractivity contribution in [2.45, 2.75) is 214 Å². The van der Waals surface area contributed by atoms with Gasteiger partial charge in [-0.2, -0.15) is 0 Å². The lowest BCUT2D eigenvalue weighted by Gasteiger charge is -2.23. The number of hydrogen-bond donors (Lipinski definition) is 1. The van der Waals surface area contributed by atoms with E-state index in [1.54, 1.807) is 0 Å². The van der Waals surface area contributed by atoms with Gasteiger partial charge in [0.2, 0.25) is 0 Å². The third kappa shape index (κ3) is 40.4. The number of nitrogens with zero attached hydrogens (tertiary/aromatic N) is 2. The molecule has 0 saturated carbocycles. The number of unbranched alkanes of at least 4 members (excludes halogenated alkanes) is 22. The first-order valence-corrected chi connectivity index (χ1v) is 24.3. The summed E-state index contributed by atoms with van der Waals surface area (Å²) in [5.41, 5.74) is 0. The fourth-order valence-electron chi connectivity index (χ4n) is 6.82. The Kier molecular flexibility index (Phi) is 42.3. The van der Waals surface area contributed by atoms with Crippen molar-refractivity contribution in [3.8, 4) is 0 Å². The number of alkyl carbamates (subject to hydrolysis) is 1. The molecule has 0 unspecified atom stereocenters. The Morgan fingerprint density at radius 1 is 0.500 bits per heavy atom. The van der Waals surface area contributed by atoms with E-state index in [1.165, 1.54) is 103 Å². The Bertz CT molecular complexity index is 929. The molecule has 340 valence electrons. The molecule has 0 aliphatic carbocycles. The number of hydrogen-bond acceptors (Lipinski definition) is 8. The lowest BCUT2D eigenvalue weighted by Crippen LogP contribution is -2.40. The summed E-state index contributed by atoms with van der Waals surface area (Å²) in [6.45, 7) is 13.6. The van der Waals surface area contributed by atoms with Crippen LogP contribution in [0.2, 0.25) is 0 Å². The van der Waals surface area contributed by atoms with Gasteiger partial charge in [-0.15, -0.1) is 0 Å². The molecular formula is C49H93N3O6. The van der Waals surface area contributed by atoms with Gasteiger partial charge < -0.3 is 29.3 Å². The van der Waals surface area contributed by atoms with Crippen LogP contribution < -0.4 is 5.32 Å². The summed E-state index contributed by atoms with van der Waals surface area (Å²) in [5.74, 6) is -0.637. The van der Waals surface area contributed by atoms with Crippen LogP contribution in [0.4, 0.5) is 4.79 Å². The standard InChI is InChI=1S/C49H93N3O6/c1-6-10-12-14-16-18-20-22-24-26-28-30-32-34-36-38-47(53)56-44-46(58-49(55)50-40-41-51(5)42-43-52(8-3)9-4)45-57-48(54)39-37-35-33-31-29-27-25-23-21-19-17-15-13-11-7-2/h22-25,46H,6-21,26-45H2,1-5H3,(H,50,55)/b24-22-,25-23-. The van der Waals surface area contributed by atoms with Gasteiger partial charge in [-0.1, -0.05) is 155 Å². The van der Waals surface area contributed by atoms with E-state index in [2.05, 4.69) is 67.1 Å². The number of carbonyl (C=O) groups excluding carboxylic acids is 3. The molecule has 1 N–H and O–H groups in total. The first-order valence-electron chi connectivity index (χ1n) is 24.3. The summed E-state index contributed by atoms with van der Waals surface area (Å²) in [6, 6.07) is 0. The quantitative estimate of drug-likeness (QED) is 0.0281. The van der Waals surface area contributed by atoms with Crippen molar-refractivity contribution in [3.05, 3.63) is 24.3 Å². The molecule has 0 aromatic carbocycles. The first-order chi connectivity index (χ1) is 28.4. The van der Waals surface area contributed by atoms with Gasteiger partial charge in [0.1, 0.15) is 13.2 Å². The first kappa shape index (κ1) is 55.6. The summed E-state index contributed by atoms with van der Waals surface area (Å²) in [5, 5.41) is 2.80. The number of likely N-dealkylation sites (N-methyl/N-ethyl adjacent to an activating group) is 2. The maximum absolute atomic E-state index is 12.7. The van der Waals surface area contributed by atoms with E-state index in [0.29, 0.717) is 25.9 Å². The second-order valence-corrected chi connectivity index (χ2v) is 16.3. The number of ether oxygens (including phenoxy) is 3. The van der Waals surface area contributed by atoms with Crippen LogP contribution in [0, 0.1) is 0 Å². The fourth-order valence-corrected chi connectivity index (χ4v) is 6.82. The SMILES string of the molecule is CCCCCCCC/C=C\CCCCCCCC(=O)OCC(COC(=O)CCCCCCC/C=C\CCCCCCCC)OC(=O)NCCN(C)CCN(CC)CC. The monoisotopic (exact) mass is 820 g/mol. The molecule has 1 amide bonds. The molecule has 0 bridgehead atoms. The molecule has 0 atom stereocenters. The van der Waals surface area contributed by atoms with Crippen LogP contribution >= 0.6 is 0 Å². The number of carbonyl (C=O) groups is 3. The highest BCUT2D eigenvalue weighted by molar-refractivity contribution is 5.70. The molecule has 58 heavy (non-hydrogen) atoms. The van der Waals surface area contributed by atoms with E-state index in [-0.39, 0.29) is 25.2 Å². The second-order valence-electron chi connectivity index (χ2n) is 16.3. The Morgan fingerprint density at radius 2 is 0.879 bits per heavy atom. The number of nitrogens with one attached hydrogen (secondary N) is 1. The molecule has 0 aromatic heterocycles. The number of esters is 2. The Hall–Kier alpha value is -2.39. The summed E-state index contributed by atoms with van der Waals surface area (Å²) < 4.78 is 16.6. The van der Waals surface area contributed by atoms with Crippen molar-refractivity contribution in [2.24, 2.45) is 0 Å². The van der Waals surface area contributed by atoms with E-state index in [9.17, 15) is 14.4 Å². The van der Waals surface area contributed by atoms with Crippen LogP contribution in [0.1, 0.15) is 207 Å². The van der Waals surface area contributed by atoms with Crippen molar-refractivity contribution in [3.63, 3.8) is 0 Å². The molecule has 0 rings (SSSR count). The van der Waals surface area contributed by atoms with Gasteiger partial charge in [-0.05, 0) is 84.3 Å². The van der Waals surface area contributed by atoms with Crippen molar-refractivity contribution in [1.29, 1.82) is 0 Å². The van der Waals surface area contributed by atoms with Crippen LogP contribution in [0.25, 0.3) is 0 Å². The Morgan fingerprint density at radius 3 is 1.28 bits per heavy atom. The van der Waals surface area contributed by atoms with E-state index in [0.717, 1.165) is 90.4 Å². The van der Waals surface area contributed by atoms with Gasteiger partial charge in [0.05, 0.1) is 0 Å². The van der Waals surface area contributed by atoms with Crippen LogP contribution in [-0.4, -0.2) is 93.5 Å². The maximum atomic E-state index is 12.7. The van der Waals surface area contributed by atoms with Gasteiger partial charge in [0.15, 0.2) is 6.10 Å². The van der Waals surface area contributed by atoms with E-state index in [1.807, 2.05) is 7.05 Å². The lowest BCUT2D eigenvalue weighted by molar-refractivity contribution is -0.152. The molecule has 0 spiro atoms. The Balaban J connectivity index is 4.43. The van der Waals surface area contributed by atoms with Crippen molar-refractivity contribution in [1.82, 2.24) is 15.1 Å². The van der Waals surface area contributed by atoms with Crippen LogP contribution in [0.3, 0.4) is 0 Å². The molecule has 0 fully saturated rings. The zero-order chi connectivity index (χ0) is 42.6. The smallest absolute Gasteiger partial charge is 0.407 e. The minimum atomic E-state index is -0.864.